The maximum atomic E-state index is 13.1. The molecule has 1 aromatic carbocycles. The molecule has 0 amide bonds. The lowest BCUT2D eigenvalue weighted by atomic mass is 10.1. The van der Waals surface area contributed by atoms with E-state index in [1.807, 2.05) is 6.07 Å². The number of aliphatic hydroxyl groups excluding tert-OH is 1. The van der Waals surface area contributed by atoms with Crippen LogP contribution >= 0.6 is 11.6 Å². The Morgan fingerprint density at radius 2 is 1.87 bits per heavy atom. The third-order valence-corrected chi connectivity index (χ3v) is 6.66. The van der Waals surface area contributed by atoms with Crippen LogP contribution in [-0.4, -0.2) is 62.2 Å². The first-order chi connectivity index (χ1) is 18.0. The van der Waals surface area contributed by atoms with Crippen molar-refractivity contribution in [3.63, 3.8) is 0 Å². The van der Waals surface area contributed by atoms with E-state index in [1.165, 1.54) is 35.3 Å². The average Bonchev–Trinajstić information content (AvgIpc) is 3.31. The van der Waals surface area contributed by atoms with Gasteiger partial charge in [0.05, 0.1) is 24.0 Å². The summed E-state index contributed by atoms with van der Waals surface area (Å²) < 4.78 is 42.4. The molecule has 0 saturated heterocycles. The minimum atomic E-state index is -4.92. The van der Waals surface area contributed by atoms with Gasteiger partial charge in [0.1, 0.15) is 12.9 Å². The van der Waals surface area contributed by atoms with E-state index < -0.39 is 30.1 Å². The quantitative estimate of drug-likeness (QED) is 0.329. The van der Waals surface area contributed by atoms with Gasteiger partial charge in [0.15, 0.2) is 17.8 Å². The number of aryl methyl sites for hydroxylation is 1. The zero-order valence-electron chi connectivity index (χ0n) is 19.9. The van der Waals surface area contributed by atoms with Crippen LogP contribution < -0.4 is 5.69 Å². The second-order valence-electron chi connectivity index (χ2n) is 9.27. The molecule has 4 aromatic rings. The zero-order valence-corrected chi connectivity index (χ0v) is 20.6. The molecule has 1 aliphatic rings. The van der Waals surface area contributed by atoms with Crippen molar-refractivity contribution in [3.8, 4) is 17.1 Å². The van der Waals surface area contributed by atoms with E-state index in [-0.39, 0.29) is 18.2 Å². The Kier molecular flexibility index (Phi) is 6.84. The van der Waals surface area contributed by atoms with E-state index >= 15 is 0 Å². The zero-order chi connectivity index (χ0) is 27.1. The lowest BCUT2D eigenvalue weighted by Crippen LogP contribution is -2.37. The summed E-state index contributed by atoms with van der Waals surface area (Å²) in [5.74, 6) is 0.119. The fourth-order valence-corrected chi connectivity index (χ4v) is 4.14. The van der Waals surface area contributed by atoms with E-state index in [0.717, 1.165) is 27.7 Å². The monoisotopic (exact) mass is 549 g/mol. The normalized spacial score (nSPS) is 15.5. The van der Waals surface area contributed by atoms with Gasteiger partial charge < -0.3 is 10.2 Å². The minimum Gasteiger partial charge on any atom is -0.390 e. The molecule has 10 nitrogen and oxygen atoms in total. The third kappa shape index (κ3) is 5.64. The second-order valence-corrected chi connectivity index (χ2v) is 9.71. The standard InChI is InChI=1S/C24H23ClF3N7O3/c25-17-3-1-16(2-4-17)21-32-34(22(37)33(21)12-19(36)24(26,27)28)13-20-30-14-35(31-20)18-11-29-10-6-15(18)5-7-23(38)8-9-23/h1-4,6,10-11,14,19,36,38H,5,7-9,12-13H2/t19-/m0/s1. The fraction of sp³-hybridized carbons (Fsp3) is 0.375. The van der Waals surface area contributed by atoms with Gasteiger partial charge in [-0.05, 0) is 61.6 Å². The molecule has 3 aromatic heterocycles. The highest BCUT2D eigenvalue weighted by atomic mass is 35.5. The number of aliphatic hydroxyl groups is 2. The van der Waals surface area contributed by atoms with Gasteiger partial charge in [0.2, 0.25) is 0 Å². The van der Waals surface area contributed by atoms with Crippen molar-refractivity contribution in [1.82, 2.24) is 34.1 Å². The first-order valence-electron chi connectivity index (χ1n) is 11.8. The highest BCUT2D eigenvalue weighted by molar-refractivity contribution is 6.30. The summed E-state index contributed by atoms with van der Waals surface area (Å²) in [5, 5.41) is 28.9. The molecular formula is C24H23ClF3N7O3. The topological polar surface area (TPSA) is 124 Å². The van der Waals surface area contributed by atoms with E-state index in [1.54, 1.807) is 12.4 Å². The first-order valence-corrected chi connectivity index (χ1v) is 12.1. The Hall–Kier alpha value is -3.55. The number of hydrogen-bond acceptors (Lipinski definition) is 7. The lowest BCUT2D eigenvalue weighted by Gasteiger charge is -2.15. The molecule has 0 spiro atoms. The summed E-state index contributed by atoms with van der Waals surface area (Å²) in [5.41, 5.74) is 0.424. The van der Waals surface area contributed by atoms with Crippen molar-refractivity contribution in [2.75, 3.05) is 0 Å². The van der Waals surface area contributed by atoms with Crippen molar-refractivity contribution in [2.24, 2.45) is 0 Å². The number of rotatable bonds is 9. The van der Waals surface area contributed by atoms with Crippen LogP contribution in [-0.2, 0) is 19.5 Å². The Labute approximate surface area is 219 Å². The van der Waals surface area contributed by atoms with Gasteiger partial charge in [0.25, 0.3) is 0 Å². The van der Waals surface area contributed by atoms with Crippen molar-refractivity contribution in [3.05, 3.63) is 75.9 Å². The number of halogens is 4. The Morgan fingerprint density at radius 1 is 1.13 bits per heavy atom. The second kappa shape index (κ2) is 9.97. The van der Waals surface area contributed by atoms with Crippen LogP contribution in [0.25, 0.3) is 17.1 Å². The molecule has 200 valence electrons. The molecular weight excluding hydrogens is 527 g/mol. The van der Waals surface area contributed by atoms with Crippen LogP contribution in [0.2, 0.25) is 5.02 Å². The molecule has 0 aliphatic heterocycles. The van der Waals surface area contributed by atoms with Crippen molar-refractivity contribution >= 4 is 11.6 Å². The van der Waals surface area contributed by atoms with Gasteiger partial charge in [-0.2, -0.15) is 13.2 Å². The summed E-state index contributed by atoms with van der Waals surface area (Å²) in [4.78, 5) is 21.5. The molecule has 0 bridgehead atoms. The van der Waals surface area contributed by atoms with Crippen LogP contribution in [0.5, 0.6) is 0 Å². The molecule has 1 atom stereocenters. The molecule has 1 saturated carbocycles. The Morgan fingerprint density at radius 3 is 2.55 bits per heavy atom. The molecule has 2 N–H and O–H groups in total. The van der Waals surface area contributed by atoms with Crippen LogP contribution in [0.4, 0.5) is 13.2 Å². The molecule has 38 heavy (non-hydrogen) atoms. The summed E-state index contributed by atoms with van der Waals surface area (Å²) in [6, 6.07) is 7.89. The summed E-state index contributed by atoms with van der Waals surface area (Å²) in [7, 11) is 0. The van der Waals surface area contributed by atoms with Crippen LogP contribution in [0.1, 0.15) is 30.7 Å². The fourth-order valence-electron chi connectivity index (χ4n) is 4.01. The summed E-state index contributed by atoms with van der Waals surface area (Å²) >= 11 is 5.92. The molecule has 3 heterocycles. The van der Waals surface area contributed by atoms with Crippen LogP contribution in [0.15, 0.2) is 53.8 Å². The maximum absolute atomic E-state index is 13.1. The van der Waals surface area contributed by atoms with E-state index in [2.05, 4.69) is 20.2 Å². The van der Waals surface area contributed by atoms with E-state index in [0.29, 0.717) is 29.1 Å². The number of hydrogen-bond donors (Lipinski definition) is 2. The average molecular weight is 550 g/mol. The van der Waals surface area contributed by atoms with Gasteiger partial charge in [-0.25, -0.2) is 19.1 Å². The molecule has 0 radical (unpaired) electrons. The van der Waals surface area contributed by atoms with Crippen molar-refractivity contribution in [1.29, 1.82) is 0 Å². The lowest BCUT2D eigenvalue weighted by molar-refractivity contribution is -0.207. The molecule has 1 aliphatic carbocycles. The number of pyridine rings is 1. The van der Waals surface area contributed by atoms with Gasteiger partial charge in [-0.3, -0.25) is 9.55 Å². The highest BCUT2D eigenvalue weighted by Crippen LogP contribution is 2.39. The van der Waals surface area contributed by atoms with E-state index in [9.17, 15) is 28.2 Å². The van der Waals surface area contributed by atoms with Gasteiger partial charge in [0, 0.05) is 16.8 Å². The highest BCUT2D eigenvalue weighted by Gasteiger charge is 2.40. The smallest absolute Gasteiger partial charge is 0.390 e. The maximum Gasteiger partial charge on any atom is 0.416 e. The third-order valence-electron chi connectivity index (χ3n) is 6.41. The van der Waals surface area contributed by atoms with E-state index in [4.69, 9.17) is 11.6 Å². The van der Waals surface area contributed by atoms with Gasteiger partial charge >= 0.3 is 11.9 Å². The number of benzene rings is 1. The largest absolute Gasteiger partial charge is 0.416 e. The Bertz CT molecular complexity index is 1490. The van der Waals surface area contributed by atoms with Crippen molar-refractivity contribution < 1.29 is 23.4 Å². The van der Waals surface area contributed by atoms with Crippen LogP contribution in [0.3, 0.4) is 0 Å². The SMILES string of the molecule is O=c1n(Cc2ncn(-c3cnccc3CCC3(O)CC3)n2)nc(-c2ccc(Cl)cc2)n1C[C@H](O)C(F)(F)F. The molecule has 5 rings (SSSR count). The van der Waals surface area contributed by atoms with Crippen LogP contribution in [0, 0.1) is 0 Å². The molecule has 0 unspecified atom stereocenters. The molecule has 1 fully saturated rings. The summed E-state index contributed by atoms with van der Waals surface area (Å²) in [6.07, 6.45) is -0.210. The predicted octanol–water partition coefficient (Wildman–Crippen LogP) is 2.77. The predicted molar refractivity (Wildman–Crippen MR) is 130 cm³/mol. The summed E-state index contributed by atoms with van der Waals surface area (Å²) in [6.45, 7) is -1.26. The van der Waals surface area contributed by atoms with Crippen molar-refractivity contribution in [2.45, 2.75) is 56.7 Å². The first kappa shape index (κ1) is 26.1. The number of alkyl halides is 3. The number of aromatic nitrogens is 7. The number of nitrogens with zero attached hydrogens (tertiary/aromatic N) is 7. The Balaban J connectivity index is 1.43. The molecule has 14 heteroatoms. The minimum absolute atomic E-state index is 0.0676. The van der Waals surface area contributed by atoms with Gasteiger partial charge in [-0.15, -0.1) is 10.2 Å². The van der Waals surface area contributed by atoms with Gasteiger partial charge in [-0.1, -0.05) is 11.6 Å².